The van der Waals surface area contributed by atoms with E-state index >= 15 is 0 Å². The molecule has 2 N–H and O–H groups in total. The van der Waals surface area contributed by atoms with Gasteiger partial charge < -0.3 is 25.2 Å². The van der Waals surface area contributed by atoms with Crippen molar-refractivity contribution in [3.8, 4) is 5.75 Å². The van der Waals surface area contributed by atoms with Crippen LogP contribution in [0.1, 0.15) is 19.3 Å². The number of carbonyl (C=O) groups excluding carboxylic acids is 3. The van der Waals surface area contributed by atoms with Crippen molar-refractivity contribution in [3.05, 3.63) is 24.3 Å². The van der Waals surface area contributed by atoms with Gasteiger partial charge in [0.1, 0.15) is 17.8 Å². The predicted octanol–water partition coefficient (Wildman–Crippen LogP) is 0.791. The fraction of sp³-hybridized carbons (Fsp3) is 0.500. The highest BCUT2D eigenvalue weighted by Crippen LogP contribution is 2.32. The second-order valence-corrected chi connectivity index (χ2v) is 6.96. The number of benzene rings is 1. The Kier molecular flexibility index (Phi) is 4.18. The van der Waals surface area contributed by atoms with Crippen LogP contribution in [-0.2, 0) is 9.59 Å². The van der Waals surface area contributed by atoms with E-state index in [4.69, 9.17) is 4.74 Å². The number of anilines is 1. The van der Waals surface area contributed by atoms with Crippen LogP contribution in [0, 0.1) is 0 Å². The minimum absolute atomic E-state index is 0.0203. The van der Waals surface area contributed by atoms with E-state index < -0.39 is 6.04 Å². The third-order valence-corrected chi connectivity index (χ3v) is 5.37. The summed E-state index contributed by atoms with van der Waals surface area (Å²) >= 11 is 0. The standard InChI is InChI=1S/C18H22N4O4/c1-26-13-6-4-11(5-7-13)19-18(25)20-12-9-15-17(24)21-8-2-3-14(21)16(23)22(15)10-12/h4-7,12,14-15H,2-3,8-10H2,1H3,(H2,19,20,25). The van der Waals surface area contributed by atoms with Crippen LogP contribution in [0.5, 0.6) is 5.75 Å². The van der Waals surface area contributed by atoms with Gasteiger partial charge in [0.2, 0.25) is 11.8 Å². The van der Waals surface area contributed by atoms with Crippen molar-refractivity contribution >= 4 is 23.5 Å². The molecule has 26 heavy (non-hydrogen) atoms. The van der Waals surface area contributed by atoms with E-state index in [1.807, 2.05) is 0 Å². The van der Waals surface area contributed by atoms with Gasteiger partial charge in [0.05, 0.1) is 13.2 Å². The largest absolute Gasteiger partial charge is 0.497 e. The van der Waals surface area contributed by atoms with E-state index in [-0.39, 0.29) is 29.9 Å². The number of hydrogen-bond acceptors (Lipinski definition) is 4. The van der Waals surface area contributed by atoms with Crippen molar-refractivity contribution in [1.29, 1.82) is 0 Å². The van der Waals surface area contributed by atoms with Crippen LogP contribution in [0.25, 0.3) is 0 Å². The lowest BCUT2D eigenvalue weighted by molar-refractivity contribution is -0.156. The average Bonchev–Trinajstić information content (AvgIpc) is 3.28. The van der Waals surface area contributed by atoms with Crippen molar-refractivity contribution < 1.29 is 19.1 Å². The van der Waals surface area contributed by atoms with E-state index in [9.17, 15) is 14.4 Å². The molecule has 4 amide bonds. The second kappa shape index (κ2) is 6.51. The fourth-order valence-corrected chi connectivity index (χ4v) is 4.12. The summed E-state index contributed by atoms with van der Waals surface area (Å²) in [7, 11) is 1.58. The number of methoxy groups -OCH3 is 1. The van der Waals surface area contributed by atoms with E-state index in [2.05, 4.69) is 10.6 Å². The zero-order valence-electron chi connectivity index (χ0n) is 14.6. The highest BCUT2D eigenvalue weighted by atomic mass is 16.5. The fourth-order valence-electron chi connectivity index (χ4n) is 4.12. The maximum atomic E-state index is 12.6. The summed E-state index contributed by atoms with van der Waals surface area (Å²) in [6, 6.07) is 5.70. The van der Waals surface area contributed by atoms with Crippen LogP contribution in [0.2, 0.25) is 0 Å². The Balaban J connectivity index is 1.37. The first kappa shape index (κ1) is 16.7. The molecule has 8 nitrogen and oxygen atoms in total. The summed E-state index contributed by atoms with van der Waals surface area (Å²) in [4.78, 5) is 40.8. The number of amides is 4. The Morgan fingerprint density at radius 2 is 1.85 bits per heavy atom. The van der Waals surface area contributed by atoms with E-state index in [1.165, 1.54) is 0 Å². The molecule has 0 bridgehead atoms. The number of ether oxygens (including phenoxy) is 1. The van der Waals surface area contributed by atoms with E-state index in [0.717, 1.165) is 12.8 Å². The summed E-state index contributed by atoms with van der Waals surface area (Å²) in [5, 5.41) is 5.63. The minimum Gasteiger partial charge on any atom is -0.497 e. The first-order valence-corrected chi connectivity index (χ1v) is 8.89. The molecule has 3 saturated heterocycles. The molecule has 3 heterocycles. The number of nitrogens with zero attached hydrogens (tertiary/aromatic N) is 2. The molecule has 0 spiro atoms. The smallest absolute Gasteiger partial charge is 0.319 e. The SMILES string of the molecule is COc1ccc(NC(=O)NC2CC3C(=O)N4CCCC4C(=O)N3C2)cc1. The van der Waals surface area contributed by atoms with Crippen LogP contribution in [0.3, 0.4) is 0 Å². The molecule has 4 rings (SSSR count). The topological polar surface area (TPSA) is 91.0 Å². The number of hydrogen-bond donors (Lipinski definition) is 2. The Labute approximate surface area is 151 Å². The normalized spacial score (nSPS) is 27.2. The van der Waals surface area contributed by atoms with Gasteiger partial charge >= 0.3 is 6.03 Å². The number of fused-ring (bicyclic) bond motifs is 2. The number of piperazine rings is 1. The molecule has 3 aliphatic heterocycles. The number of carbonyl (C=O) groups is 3. The molecular formula is C18H22N4O4. The summed E-state index contributed by atoms with van der Waals surface area (Å²) in [6.07, 6.45) is 2.09. The molecule has 3 aliphatic rings. The molecule has 3 atom stereocenters. The summed E-state index contributed by atoms with van der Waals surface area (Å²) in [5.41, 5.74) is 0.645. The molecule has 1 aromatic rings. The van der Waals surface area contributed by atoms with Gasteiger partial charge in [0.25, 0.3) is 0 Å². The number of nitrogens with one attached hydrogen (secondary N) is 2. The molecule has 3 fully saturated rings. The molecule has 0 aromatic heterocycles. The maximum Gasteiger partial charge on any atom is 0.319 e. The zero-order valence-corrected chi connectivity index (χ0v) is 14.6. The van der Waals surface area contributed by atoms with Gasteiger partial charge in [-0.05, 0) is 43.5 Å². The van der Waals surface area contributed by atoms with E-state index in [1.54, 1.807) is 41.2 Å². The number of rotatable bonds is 3. The molecular weight excluding hydrogens is 336 g/mol. The van der Waals surface area contributed by atoms with Gasteiger partial charge in [0, 0.05) is 18.8 Å². The van der Waals surface area contributed by atoms with Gasteiger partial charge in [-0.1, -0.05) is 0 Å². The molecule has 3 unspecified atom stereocenters. The molecule has 8 heteroatoms. The summed E-state index contributed by atoms with van der Waals surface area (Å²) in [5.74, 6) is 0.750. The molecule has 0 aliphatic carbocycles. The zero-order chi connectivity index (χ0) is 18.3. The van der Waals surface area contributed by atoms with Crippen molar-refractivity contribution in [2.45, 2.75) is 37.4 Å². The lowest BCUT2D eigenvalue weighted by atomic mass is 10.1. The van der Waals surface area contributed by atoms with Gasteiger partial charge in [-0.3, -0.25) is 9.59 Å². The highest BCUT2D eigenvalue weighted by molar-refractivity contribution is 5.98. The van der Waals surface area contributed by atoms with E-state index in [0.29, 0.717) is 30.9 Å². The quantitative estimate of drug-likeness (QED) is 0.836. The van der Waals surface area contributed by atoms with Crippen molar-refractivity contribution in [1.82, 2.24) is 15.1 Å². The van der Waals surface area contributed by atoms with Crippen LogP contribution < -0.4 is 15.4 Å². The Bertz CT molecular complexity index is 705. The molecule has 0 saturated carbocycles. The van der Waals surface area contributed by atoms with Crippen LogP contribution in [0.15, 0.2) is 24.3 Å². The third-order valence-electron chi connectivity index (χ3n) is 5.37. The first-order chi connectivity index (χ1) is 12.6. The van der Waals surface area contributed by atoms with Gasteiger partial charge in [0.15, 0.2) is 0 Å². The molecule has 0 radical (unpaired) electrons. The van der Waals surface area contributed by atoms with Crippen LogP contribution in [-0.4, -0.2) is 66.0 Å². The van der Waals surface area contributed by atoms with Crippen LogP contribution >= 0.6 is 0 Å². The maximum absolute atomic E-state index is 12.6. The Morgan fingerprint density at radius 1 is 1.12 bits per heavy atom. The summed E-state index contributed by atoms with van der Waals surface area (Å²) < 4.78 is 5.09. The first-order valence-electron chi connectivity index (χ1n) is 8.89. The van der Waals surface area contributed by atoms with Gasteiger partial charge in [-0.25, -0.2) is 4.79 Å². The van der Waals surface area contributed by atoms with Crippen molar-refractivity contribution in [2.75, 3.05) is 25.5 Å². The van der Waals surface area contributed by atoms with Crippen molar-refractivity contribution in [2.24, 2.45) is 0 Å². The molecule has 138 valence electrons. The Hall–Kier alpha value is -2.77. The average molecular weight is 358 g/mol. The Morgan fingerprint density at radius 3 is 2.58 bits per heavy atom. The third kappa shape index (κ3) is 2.85. The van der Waals surface area contributed by atoms with Crippen LogP contribution in [0.4, 0.5) is 10.5 Å². The lowest BCUT2D eigenvalue weighted by Gasteiger charge is -2.38. The van der Waals surface area contributed by atoms with Gasteiger partial charge in [-0.2, -0.15) is 0 Å². The minimum atomic E-state index is -0.442. The van der Waals surface area contributed by atoms with Crippen molar-refractivity contribution in [3.63, 3.8) is 0 Å². The number of urea groups is 1. The van der Waals surface area contributed by atoms with Gasteiger partial charge in [-0.15, -0.1) is 0 Å². The lowest BCUT2D eigenvalue weighted by Crippen LogP contribution is -2.60. The second-order valence-electron chi connectivity index (χ2n) is 6.96. The predicted molar refractivity (Wildman–Crippen MR) is 93.8 cm³/mol. The summed E-state index contributed by atoms with van der Waals surface area (Å²) in [6.45, 7) is 1.05. The monoisotopic (exact) mass is 358 g/mol. The highest BCUT2D eigenvalue weighted by Gasteiger charge is 2.51. The molecule has 1 aromatic carbocycles.